The third-order valence-electron chi connectivity index (χ3n) is 1.87. The van der Waals surface area contributed by atoms with Gasteiger partial charge in [0, 0.05) is 26.2 Å². The minimum Gasteiger partial charge on any atom is -0.336 e. The van der Waals surface area contributed by atoms with E-state index in [9.17, 15) is 4.79 Å². The maximum Gasteiger partial charge on any atom is 0.317 e. The molecule has 0 atom stereocenters. The molecule has 1 fully saturated rings. The average Bonchev–Trinajstić information content (AvgIpc) is 2.40. The predicted molar refractivity (Wildman–Crippen MR) is 42.0 cm³/mol. The standard InChI is InChI=1S/C6H14N4O/c7-3-5(4-8)10-2-1-9-6(10)11/h5H,1-4,7-8H2,(H,9,11). The molecule has 1 aliphatic rings. The highest BCUT2D eigenvalue weighted by Crippen LogP contribution is 2.01. The van der Waals surface area contributed by atoms with Gasteiger partial charge in [-0.25, -0.2) is 4.79 Å². The summed E-state index contributed by atoms with van der Waals surface area (Å²) in [7, 11) is 0. The summed E-state index contributed by atoms with van der Waals surface area (Å²) in [6.07, 6.45) is 0. The molecular weight excluding hydrogens is 144 g/mol. The Labute approximate surface area is 65.7 Å². The van der Waals surface area contributed by atoms with E-state index in [1.54, 1.807) is 4.90 Å². The van der Waals surface area contributed by atoms with Crippen molar-refractivity contribution in [2.24, 2.45) is 11.5 Å². The Morgan fingerprint density at radius 3 is 2.55 bits per heavy atom. The van der Waals surface area contributed by atoms with Crippen LogP contribution in [0.2, 0.25) is 0 Å². The zero-order chi connectivity index (χ0) is 8.27. The molecule has 0 saturated carbocycles. The maximum atomic E-state index is 11.0. The Morgan fingerprint density at radius 2 is 2.18 bits per heavy atom. The Hall–Kier alpha value is -0.810. The van der Waals surface area contributed by atoms with Gasteiger partial charge in [-0.2, -0.15) is 0 Å². The minimum absolute atomic E-state index is 0.00231. The summed E-state index contributed by atoms with van der Waals surface area (Å²) < 4.78 is 0. The number of hydrogen-bond acceptors (Lipinski definition) is 3. The van der Waals surface area contributed by atoms with Crippen LogP contribution >= 0.6 is 0 Å². The zero-order valence-corrected chi connectivity index (χ0v) is 6.42. The number of hydrogen-bond donors (Lipinski definition) is 3. The van der Waals surface area contributed by atoms with Crippen molar-refractivity contribution < 1.29 is 4.79 Å². The lowest BCUT2D eigenvalue weighted by atomic mass is 10.2. The second-order valence-corrected chi connectivity index (χ2v) is 2.55. The van der Waals surface area contributed by atoms with E-state index in [4.69, 9.17) is 11.5 Å². The molecule has 0 aromatic heterocycles. The molecule has 5 N–H and O–H groups in total. The van der Waals surface area contributed by atoms with E-state index >= 15 is 0 Å². The fourth-order valence-corrected chi connectivity index (χ4v) is 1.19. The minimum atomic E-state index is -0.0501. The van der Waals surface area contributed by atoms with Crippen LogP contribution in [-0.2, 0) is 0 Å². The van der Waals surface area contributed by atoms with Crippen molar-refractivity contribution in [3.05, 3.63) is 0 Å². The van der Waals surface area contributed by atoms with Crippen LogP contribution in [0, 0.1) is 0 Å². The second-order valence-electron chi connectivity index (χ2n) is 2.55. The quantitative estimate of drug-likeness (QED) is 0.457. The lowest BCUT2D eigenvalue weighted by Gasteiger charge is -2.23. The smallest absolute Gasteiger partial charge is 0.317 e. The van der Waals surface area contributed by atoms with Crippen LogP contribution in [-0.4, -0.2) is 43.2 Å². The van der Waals surface area contributed by atoms with Crippen LogP contribution in [0.5, 0.6) is 0 Å². The van der Waals surface area contributed by atoms with Crippen LogP contribution in [0.1, 0.15) is 0 Å². The largest absolute Gasteiger partial charge is 0.336 e. The van der Waals surface area contributed by atoms with E-state index < -0.39 is 0 Å². The Balaban J connectivity index is 2.49. The van der Waals surface area contributed by atoms with Crippen LogP contribution in [0.25, 0.3) is 0 Å². The molecule has 5 heteroatoms. The summed E-state index contributed by atoms with van der Waals surface area (Å²) in [5, 5.41) is 2.69. The van der Waals surface area contributed by atoms with Crippen molar-refractivity contribution in [1.29, 1.82) is 0 Å². The Bertz CT molecular complexity index is 146. The van der Waals surface area contributed by atoms with E-state index in [2.05, 4.69) is 5.32 Å². The van der Waals surface area contributed by atoms with Gasteiger partial charge in [-0.3, -0.25) is 0 Å². The highest BCUT2D eigenvalue weighted by Gasteiger charge is 2.25. The second kappa shape index (κ2) is 3.54. The predicted octanol–water partition coefficient (Wildman–Crippen LogP) is -1.70. The van der Waals surface area contributed by atoms with Gasteiger partial charge < -0.3 is 21.7 Å². The van der Waals surface area contributed by atoms with Gasteiger partial charge in [0.1, 0.15) is 0 Å². The lowest BCUT2D eigenvalue weighted by molar-refractivity contribution is 0.201. The van der Waals surface area contributed by atoms with Crippen molar-refractivity contribution in [3.63, 3.8) is 0 Å². The van der Waals surface area contributed by atoms with Gasteiger partial charge in [-0.15, -0.1) is 0 Å². The summed E-state index contributed by atoms with van der Waals surface area (Å²) in [6, 6.07) is -0.0524. The molecule has 1 aliphatic heterocycles. The topological polar surface area (TPSA) is 84.4 Å². The zero-order valence-electron chi connectivity index (χ0n) is 6.42. The number of carbonyl (C=O) groups is 1. The van der Waals surface area contributed by atoms with Gasteiger partial charge in [0.15, 0.2) is 0 Å². The van der Waals surface area contributed by atoms with Crippen LogP contribution in [0.15, 0.2) is 0 Å². The average molecular weight is 158 g/mol. The van der Waals surface area contributed by atoms with Crippen LogP contribution in [0.3, 0.4) is 0 Å². The summed E-state index contributed by atoms with van der Waals surface area (Å²) in [4.78, 5) is 12.7. The molecular formula is C6H14N4O. The summed E-state index contributed by atoms with van der Waals surface area (Å²) in [6.45, 7) is 2.29. The van der Waals surface area contributed by atoms with Crippen LogP contribution < -0.4 is 16.8 Å². The fourth-order valence-electron chi connectivity index (χ4n) is 1.19. The van der Waals surface area contributed by atoms with Gasteiger partial charge in [0.05, 0.1) is 6.04 Å². The highest BCUT2D eigenvalue weighted by molar-refractivity contribution is 5.76. The number of amides is 2. The highest BCUT2D eigenvalue weighted by atomic mass is 16.2. The van der Waals surface area contributed by atoms with Crippen molar-refractivity contribution in [2.75, 3.05) is 26.2 Å². The number of urea groups is 1. The number of nitrogens with one attached hydrogen (secondary N) is 1. The van der Waals surface area contributed by atoms with Crippen molar-refractivity contribution in [3.8, 4) is 0 Å². The molecule has 2 amide bonds. The molecule has 0 aromatic rings. The third-order valence-corrected chi connectivity index (χ3v) is 1.87. The molecule has 0 aromatic carbocycles. The van der Waals surface area contributed by atoms with Crippen molar-refractivity contribution >= 4 is 6.03 Å². The summed E-state index contributed by atoms with van der Waals surface area (Å²) in [5.41, 5.74) is 10.8. The van der Waals surface area contributed by atoms with Gasteiger partial charge in [-0.05, 0) is 0 Å². The molecule has 64 valence electrons. The van der Waals surface area contributed by atoms with Gasteiger partial charge in [0.2, 0.25) is 0 Å². The molecule has 0 spiro atoms. The molecule has 1 heterocycles. The van der Waals surface area contributed by atoms with Crippen LogP contribution in [0.4, 0.5) is 4.79 Å². The normalized spacial score (nSPS) is 17.7. The van der Waals surface area contributed by atoms with E-state index in [-0.39, 0.29) is 12.1 Å². The number of carbonyl (C=O) groups excluding carboxylic acids is 1. The first-order chi connectivity index (χ1) is 5.29. The van der Waals surface area contributed by atoms with E-state index in [0.717, 1.165) is 6.54 Å². The first kappa shape index (κ1) is 8.29. The maximum absolute atomic E-state index is 11.0. The fraction of sp³-hybridized carbons (Fsp3) is 0.833. The van der Waals surface area contributed by atoms with E-state index in [1.807, 2.05) is 0 Å². The first-order valence-corrected chi connectivity index (χ1v) is 3.74. The van der Waals surface area contributed by atoms with Crippen molar-refractivity contribution in [2.45, 2.75) is 6.04 Å². The Kier molecular flexibility index (Phi) is 2.67. The SMILES string of the molecule is NCC(CN)N1CCNC1=O. The molecule has 5 nitrogen and oxygen atoms in total. The third kappa shape index (κ3) is 1.61. The van der Waals surface area contributed by atoms with E-state index in [0.29, 0.717) is 19.6 Å². The first-order valence-electron chi connectivity index (χ1n) is 3.74. The summed E-state index contributed by atoms with van der Waals surface area (Å²) in [5.74, 6) is 0. The molecule has 0 radical (unpaired) electrons. The number of nitrogens with two attached hydrogens (primary N) is 2. The number of nitrogens with zero attached hydrogens (tertiary/aromatic N) is 1. The molecule has 0 unspecified atom stereocenters. The van der Waals surface area contributed by atoms with Crippen molar-refractivity contribution in [1.82, 2.24) is 10.2 Å². The lowest BCUT2D eigenvalue weighted by Crippen LogP contribution is -2.46. The van der Waals surface area contributed by atoms with Gasteiger partial charge in [-0.1, -0.05) is 0 Å². The molecule has 1 rings (SSSR count). The Morgan fingerprint density at radius 1 is 1.55 bits per heavy atom. The molecule has 11 heavy (non-hydrogen) atoms. The molecule has 0 bridgehead atoms. The van der Waals surface area contributed by atoms with Gasteiger partial charge >= 0.3 is 6.03 Å². The number of rotatable bonds is 3. The monoisotopic (exact) mass is 158 g/mol. The summed E-state index contributed by atoms with van der Waals surface area (Å²) >= 11 is 0. The van der Waals surface area contributed by atoms with E-state index in [1.165, 1.54) is 0 Å². The van der Waals surface area contributed by atoms with Gasteiger partial charge in [0.25, 0.3) is 0 Å². The molecule has 1 saturated heterocycles. The molecule has 0 aliphatic carbocycles.